The number of hydrogen-bond acceptors (Lipinski definition) is 6. The summed E-state index contributed by atoms with van der Waals surface area (Å²) in [6.45, 7) is 1.97. The molecule has 0 bridgehead atoms. The largest absolute Gasteiger partial charge is 0.351 e. The Hall–Kier alpha value is -2.58. The van der Waals surface area contributed by atoms with E-state index in [2.05, 4.69) is 14.9 Å². The van der Waals surface area contributed by atoms with Gasteiger partial charge in [0, 0.05) is 22.0 Å². The molecule has 29 heavy (non-hydrogen) atoms. The molecule has 3 aromatic rings. The summed E-state index contributed by atoms with van der Waals surface area (Å²) in [5, 5.41) is 10.7. The zero-order valence-corrected chi connectivity index (χ0v) is 17.7. The van der Waals surface area contributed by atoms with E-state index in [1.165, 1.54) is 11.3 Å². The molecule has 1 atom stereocenters. The van der Waals surface area contributed by atoms with Crippen molar-refractivity contribution in [3.63, 3.8) is 0 Å². The van der Waals surface area contributed by atoms with Crippen LogP contribution >= 0.6 is 22.9 Å². The predicted molar refractivity (Wildman–Crippen MR) is 115 cm³/mol. The second-order valence-electron chi connectivity index (χ2n) is 7.21. The molecule has 2 aromatic heterocycles. The van der Waals surface area contributed by atoms with Crippen LogP contribution in [0.25, 0.3) is 0 Å². The number of benzene rings is 1. The van der Waals surface area contributed by atoms with Gasteiger partial charge in [0.2, 0.25) is 5.91 Å². The van der Waals surface area contributed by atoms with E-state index in [1.807, 2.05) is 48.7 Å². The highest BCUT2D eigenvalue weighted by Gasteiger charge is 2.36. The number of nitrogens with zero attached hydrogens (tertiary/aromatic N) is 3. The van der Waals surface area contributed by atoms with Crippen LogP contribution in [0.5, 0.6) is 0 Å². The summed E-state index contributed by atoms with van der Waals surface area (Å²) in [6, 6.07) is 10.8. The highest BCUT2D eigenvalue weighted by atomic mass is 32.1. The lowest BCUT2D eigenvalue weighted by Gasteiger charge is -2.31. The number of thiophene rings is 1. The number of hydrogen-bond donors (Lipinski definition) is 1. The van der Waals surface area contributed by atoms with Crippen LogP contribution < -0.4 is 10.2 Å². The van der Waals surface area contributed by atoms with Crippen molar-refractivity contribution in [3.8, 4) is 0 Å². The number of aryl methyl sites for hydroxylation is 1. The average molecular weight is 427 g/mol. The summed E-state index contributed by atoms with van der Waals surface area (Å²) in [5.41, 5.74) is 1.92. The molecule has 4 rings (SSSR count). The molecular weight excluding hydrogens is 404 g/mol. The molecule has 1 saturated carbocycles. The van der Waals surface area contributed by atoms with Gasteiger partial charge >= 0.3 is 0 Å². The van der Waals surface area contributed by atoms with Crippen molar-refractivity contribution in [3.05, 3.63) is 63.3 Å². The lowest BCUT2D eigenvalue weighted by atomic mass is 10.1. The number of carbonyl (C=O) groups excluding carboxylic acids is 2. The Morgan fingerprint density at radius 3 is 2.69 bits per heavy atom. The van der Waals surface area contributed by atoms with Crippen molar-refractivity contribution in [2.24, 2.45) is 0 Å². The monoisotopic (exact) mass is 426 g/mol. The first-order valence-corrected chi connectivity index (χ1v) is 11.4. The van der Waals surface area contributed by atoms with Gasteiger partial charge in [0.1, 0.15) is 0 Å². The zero-order valence-electron chi connectivity index (χ0n) is 16.1. The van der Waals surface area contributed by atoms with E-state index in [0.717, 1.165) is 47.7 Å². The fraction of sp³-hybridized carbons (Fsp3) is 0.333. The lowest BCUT2D eigenvalue weighted by molar-refractivity contribution is -0.123. The van der Waals surface area contributed by atoms with Gasteiger partial charge in [-0.1, -0.05) is 35.5 Å². The summed E-state index contributed by atoms with van der Waals surface area (Å²) >= 11 is 2.59. The number of aromatic nitrogens is 2. The molecule has 2 heterocycles. The lowest BCUT2D eigenvalue weighted by Crippen LogP contribution is -2.46. The molecule has 1 aliphatic carbocycles. The van der Waals surface area contributed by atoms with E-state index in [1.54, 1.807) is 10.3 Å². The average Bonchev–Trinajstić information content (AvgIpc) is 3.49. The van der Waals surface area contributed by atoms with Crippen LogP contribution in [0.3, 0.4) is 0 Å². The van der Waals surface area contributed by atoms with Crippen molar-refractivity contribution >= 4 is 40.4 Å². The molecule has 0 spiro atoms. The second-order valence-corrected chi connectivity index (χ2v) is 8.80. The molecule has 0 unspecified atom stereocenters. The van der Waals surface area contributed by atoms with Crippen LogP contribution in [0.4, 0.5) is 5.69 Å². The van der Waals surface area contributed by atoms with E-state index in [0.29, 0.717) is 5.69 Å². The van der Waals surface area contributed by atoms with Crippen LogP contribution in [0, 0.1) is 6.92 Å². The fourth-order valence-electron chi connectivity index (χ4n) is 3.71. The van der Waals surface area contributed by atoms with Crippen LogP contribution in [0.15, 0.2) is 47.2 Å². The molecule has 150 valence electrons. The van der Waals surface area contributed by atoms with Gasteiger partial charge in [0.25, 0.3) is 5.91 Å². The van der Waals surface area contributed by atoms with E-state index in [-0.39, 0.29) is 23.6 Å². The minimum atomic E-state index is -0.758. The molecule has 1 aliphatic rings. The third kappa shape index (κ3) is 4.38. The van der Waals surface area contributed by atoms with Gasteiger partial charge in [-0.2, -0.15) is 0 Å². The Morgan fingerprint density at radius 1 is 1.21 bits per heavy atom. The zero-order chi connectivity index (χ0) is 20.2. The summed E-state index contributed by atoms with van der Waals surface area (Å²) in [4.78, 5) is 29.3. The first kappa shape index (κ1) is 19.7. The van der Waals surface area contributed by atoms with Crippen LogP contribution in [-0.4, -0.2) is 27.4 Å². The van der Waals surface area contributed by atoms with E-state index in [4.69, 9.17) is 0 Å². The topological polar surface area (TPSA) is 75.2 Å². The number of amides is 2. The van der Waals surface area contributed by atoms with Crippen molar-refractivity contribution in [2.75, 3.05) is 4.90 Å². The van der Waals surface area contributed by atoms with Crippen LogP contribution in [0.2, 0.25) is 0 Å². The van der Waals surface area contributed by atoms with Crippen LogP contribution in [-0.2, 0) is 4.79 Å². The Labute approximate surface area is 177 Å². The molecule has 1 aromatic carbocycles. The SMILES string of the molecule is Cc1cccc(N(C(=O)c2csnn2)[C@H](C(=O)NC2CCCC2)c2cccs2)c1. The van der Waals surface area contributed by atoms with E-state index >= 15 is 0 Å². The number of nitrogens with one attached hydrogen (secondary N) is 1. The predicted octanol–water partition coefficient (Wildman–Crippen LogP) is 4.35. The second kappa shape index (κ2) is 8.84. The minimum absolute atomic E-state index is 0.155. The Balaban J connectivity index is 1.77. The number of carbonyl (C=O) groups is 2. The third-order valence-electron chi connectivity index (χ3n) is 5.10. The van der Waals surface area contributed by atoms with Crippen molar-refractivity contribution in [1.29, 1.82) is 0 Å². The molecule has 6 nitrogen and oxygen atoms in total. The molecule has 0 radical (unpaired) electrons. The summed E-state index contributed by atoms with van der Waals surface area (Å²) < 4.78 is 3.83. The van der Waals surface area contributed by atoms with Gasteiger partial charge in [-0.3, -0.25) is 14.5 Å². The molecular formula is C21H22N4O2S2. The molecule has 1 N–H and O–H groups in total. The summed E-state index contributed by atoms with van der Waals surface area (Å²) in [7, 11) is 0. The minimum Gasteiger partial charge on any atom is -0.351 e. The first-order chi connectivity index (χ1) is 14.1. The van der Waals surface area contributed by atoms with Crippen LogP contribution in [0.1, 0.15) is 52.7 Å². The van der Waals surface area contributed by atoms with Gasteiger partial charge in [0.05, 0.1) is 0 Å². The quantitative estimate of drug-likeness (QED) is 0.636. The smallest absolute Gasteiger partial charge is 0.280 e. The Kier molecular flexibility index (Phi) is 6.01. The highest BCUT2D eigenvalue weighted by Crippen LogP contribution is 2.33. The van der Waals surface area contributed by atoms with Gasteiger partial charge in [-0.05, 0) is 60.4 Å². The Morgan fingerprint density at radius 2 is 2.03 bits per heavy atom. The number of anilines is 1. The molecule has 8 heteroatoms. The van der Waals surface area contributed by atoms with Gasteiger partial charge in [-0.25, -0.2) is 0 Å². The van der Waals surface area contributed by atoms with Crippen molar-refractivity contribution in [2.45, 2.75) is 44.7 Å². The van der Waals surface area contributed by atoms with Crippen molar-refractivity contribution < 1.29 is 9.59 Å². The molecule has 1 fully saturated rings. The third-order valence-corrected chi connectivity index (χ3v) is 6.53. The molecule has 0 aliphatic heterocycles. The summed E-state index contributed by atoms with van der Waals surface area (Å²) in [5.74, 6) is -0.485. The first-order valence-electron chi connectivity index (χ1n) is 9.64. The van der Waals surface area contributed by atoms with Gasteiger partial charge < -0.3 is 5.32 Å². The number of rotatable bonds is 6. The van der Waals surface area contributed by atoms with E-state index in [9.17, 15) is 9.59 Å². The highest BCUT2D eigenvalue weighted by molar-refractivity contribution is 7.10. The van der Waals surface area contributed by atoms with Crippen molar-refractivity contribution in [1.82, 2.24) is 14.9 Å². The fourth-order valence-corrected chi connectivity index (χ4v) is 4.96. The normalized spacial score (nSPS) is 15.2. The molecule has 2 amide bonds. The maximum atomic E-state index is 13.5. The van der Waals surface area contributed by atoms with Gasteiger partial charge in [0.15, 0.2) is 11.7 Å². The maximum Gasteiger partial charge on any atom is 0.280 e. The summed E-state index contributed by atoms with van der Waals surface area (Å²) in [6.07, 6.45) is 4.22. The maximum absolute atomic E-state index is 13.5. The van der Waals surface area contributed by atoms with E-state index < -0.39 is 6.04 Å². The van der Waals surface area contributed by atoms with Gasteiger partial charge in [-0.15, -0.1) is 16.4 Å². The standard InChI is InChI=1S/C21H22N4O2S2/c1-14-6-4-9-16(12-14)25(21(27)17-13-29-24-23-17)19(18-10-5-11-28-18)20(26)22-15-7-2-3-8-15/h4-6,9-13,15,19H,2-3,7-8H2,1H3,(H,22,26)/t19-/m0/s1. The Bertz CT molecular complexity index is 967. The molecule has 0 saturated heterocycles.